The Bertz CT molecular complexity index is 519. The zero-order valence-corrected chi connectivity index (χ0v) is 12.3. The van der Waals surface area contributed by atoms with Crippen molar-refractivity contribution in [3.05, 3.63) is 28.8 Å². The van der Waals surface area contributed by atoms with E-state index in [2.05, 4.69) is 4.90 Å². The lowest BCUT2D eigenvalue weighted by atomic mass is 9.71. The van der Waals surface area contributed by atoms with Crippen LogP contribution >= 0.6 is 11.6 Å². The maximum atomic E-state index is 11.3. The summed E-state index contributed by atoms with van der Waals surface area (Å²) in [4.78, 5) is 13.5. The van der Waals surface area contributed by atoms with Crippen molar-refractivity contribution in [2.45, 2.75) is 37.7 Å². The summed E-state index contributed by atoms with van der Waals surface area (Å²) >= 11 is 6.11. The van der Waals surface area contributed by atoms with Crippen LogP contribution in [0.25, 0.3) is 0 Å². The van der Waals surface area contributed by atoms with Gasteiger partial charge in [0.05, 0.1) is 16.2 Å². The maximum Gasteiger partial charge on any atom is 0.153 e. The molecule has 4 heteroatoms. The van der Waals surface area contributed by atoms with Crippen molar-refractivity contribution in [2.24, 2.45) is 5.92 Å². The molecule has 1 aliphatic heterocycles. The van der Waals surface area contributed by atoms with Gasteiger partial charge >= 0.3 is 0 Å². The van der Waals surface area contributed by atoms with Gasteiger partial charge in [-0.1, -0.05) is 30.5 Å². The van der Waals surface area contributed by atoms with E-state index in [4.69, 9.17) is 11.6 Å². The Kier molecular flexibility index (Phi) is 3.74. The van der Waals surface area contributed by atoms with E-state index < -0.39 is 5.60 Å². The van der Waals surface area contributed by atoms with Crippen molar-refractivity contribution >= 4 is 23.6 Å². The average Bonchev–Trinajstić information content (AvgIpc) is 2.46. The summed E-state index contributed by atoms with van der Waals surface area (Å²) in [6.45, 7) is 1.60. The first-order chi connectivity index (χ1) is 9.64. The highest BCUT2D eigenvalue weighted by atomic mass is 35.5. The third kappa shape index (κ3) is 2.33. The molecule has 2 unspecified atom stereocenters. The summed E-state index contributed by atoms with van der Waals surface area (Å²) in [5, 5.41) is 11.2. The Labute approximate surface area is 124 Å². The van der Waals surface area contributed by atoms with Crippen molar-refractivity contribution in [1.29, 1.82) is 0 Å². The Morgan fingerprint density at radius 2 is 2.20 bits per heavy atom. The number of aliphatic hydroxyl groups is 1. The molecule has 0 radical (unpaired) electrons. The van der Waals surface area contributed by atoms with Crippen LogP contribution in [-0.4, -0.2) is 30.1 Å². The van der Waals surface area contributed by atoms with E-state index in [0.29, 0.717) is 16.5 Å². The van der Waals surface area contributed by atoms with Gasteiger partial charge in [-0.15, -0.1) is 0 Å². The van der Waals surface area contributed by atoms with E-state index in [1.807, 2.05) is 12.1 Å². The van der Waals surface area contributed by atoms with Gasteiger partial charge in [0.2, 0.25) is 0 Å². The van der Waals surface area contributed by atoms with Crippen LogP contribution in [0.4, 0.5) is 5.69 Å². The number of halogens is 1. The number of hydrogen-bond donors (Lipinski definition) is 1. The number of hydrogen-bond acceptors (Lipinski definition) is 3. The molecular formula is C16H20ClNO2. The van der Waals surface area contributed by atoms with Crippen molar-refractivity contribution in [1.82, 2.24) is 0 Å². The summed E-state index contributed by atoms with van der Waals surface area (Å²) in [6, 6.07) is 5.57. The highest BCUT2D eigenvalue weighted by Crippen LogP contribution is 2.41. The van der Waals surface area contributed by atoms with Crippen molar-refractivity contribution < 1.29 is 9.90 Å². The lowest BCUT2D eigenvalue weighted by Crippen LogP contribution is -2.53. The van der Waals surface area contributed by atoms with Crippen LogP contribution in [0.3, 0.4) is 0 Å². The average molecular weight is 294 g/mol. The van der Waals surface area contributed by atoms with Crippen LogP contribution in [0.15, 0.2) is 18.2 Å². The van der Waals surface area contributed by atoms with Gasteiger partial charge in [-0.25, -0.2) is 0 Å². The normalized spacial score (nSPS) is 29.9. The quantitative estimate of drug-likeness (QED) is 0.851. The number of carbonyl (C=O) groups excluding carboxylic acids is 1. The number of piperidine rings is 1. The number of carbonyl (C=O) groups is 1. The molecule has 0 amide bonds. The topological polar surface area (TPSA) is 40.5 Å². The zero-order chi connectivity index (χ0) is 14.2. The molecule has 2 atom stereocenters. The number of aldehydes is 1. The van der Waals surface area contributed by atoms with Gasteiger partial charge in [0, 0.05) is 24.7 Å². The van der Waals surface area contributed by atoms with Gasteiger partial charge in [0.25, 0.3) is 0 Å². The predicted octanol–water partition coefficient (Wildman–Crippen LogP) is 3.28. The smallest absolute Gasteiger partial charge is 0.153 e. The molecule has 1 aromatic carbocycles. The first kappa shape index (κ1) is 13.9. The molecule has 1 N–H and O–H groups in total. The molecule has 1 saturated heterocycles. The van der Waals surface area contributed by atoms with Gasteiger partial charge in [-0.2, -0.15) is 0 Å². The molecule has 108 valence electrons. The van der Waals surface area contributed by atoms with Crippen LogP contribution in [0.5, 0.6) is 0 Å². The number of anilines is 1. The number of benzene rings is 1. The van der Waals surface area contributed by atoms with E-state index in [1.165, 1.54) is 6.42 Å². The lowest BCUT2D eigenvalue weighted by Gasteiger charge is -2.48. The zero-order valence-electron chi connectivity index (χ0n) is 11.5. The van der Waals surface area contributed by atoms with E-state index >= 15 is 0 Å². The first-order valence-electron chi connectivity index (χ1n) is 7.35. The van der Waals surface area contributed by atoms with Crippen LogP contribution in [0.1, 0.15) is 42.5 Å². The largest absolute Gasteiger partial charge is 0.389 e. The van der Waals surface area contributed by atoms with Gasteiger partial charge in [0.1, 0.15) is 0 Å². The Morgan fingerprint density at radius 1 is 1.35 bits per heavy atom. The number of fused-ring (bicyclic) bond motifs is 1. The second-order valence-corrected chi connectivity index (χ2v) is 6.44. The summed E-state index contributed by atoms with van der Waals surface area (Å²) in [5.41, 5.74) is 0.977. The second-order valence-electron chi connectivity index (χ2n) is 6.03. The monoisotopic (exact) mass is 293 g/mol. The highest BCUT2D eigenvalue weighted by molar-refractivity contribution is 6.33. The fourth-order valence-corrected chi connectivity index (χ4v) is 3.92. The first-order valence-corrected chi connectivity index (χ1v) is 7.73. The number of nitrogens with zero attached hydrogens (tertiary/aromatic N) is 1. The standard InChI is InChI=1S/C16H20ClNO2/c17-14-5-3-6-15(13(14)11-19)18-9-8-16(20)7-2-1-4-12(16)10-18/h3,5-6,11-12,20H,1-2,4,7-10H2. The highest BCUT2D eigenvalue weighted by Gasteiger charge is 2.43. The van der Waals surface area contributed by atoms with Crippen LogP contribution in [0, 0.1) is 5.92 Å². The maximum absolute atomic E-state index is 11.3. The van der Waals surface area contributed by atoms with Gasteiger partial charge in [-0.3, -0.25) is 4.79 Å². The summed E-state index contributed by atoms with van der Waals surface area (Å²) in [5.74, 6) is 0.309. The SMILES string of the molecule is O=Cc1c(Cl)cccc1N1CCC2(O)CCCCC2C1. The number of rotatable bonds is 2. The molecule has 1 saturated carbocycles. The third-order valence-corrected chi connectivity index (χ3v) is 5.25. The molecule has 1 heterocycles. The van der Waals surface area contributed by atoms with Crippen LogP contribution in [0.2, 0.25) is 5.02 Å². The summed E-state index contributed by atoms with van der Waals surface area (Å²) in [6.07, 6.45) is 5.92. The summed E-state index contributed by atoms with van der Waals surface area (Å²) in [7, 11) is 0. The van der Waals surface area contributed by atoms with E-state index in [1.54, 1.807) is 6.07 Å². The predicted molar refractivity (Wildman–Crippen MR) is 80.6 cm³/mol. The van der Waals surface area contributed by atoms with Crippen molar-refractivity contribution in [3.8, 4) is 0 Å². The van der Waals surface area contributed by atoms with Crippen molar-refractivity contribution in [2.75, 3.05) is 18.0 Å². The fraction of sp³-hybridized carbons (Fsp3) is 0.562. The summed E-state index contributed by atoms with van der Waals surface area (Å²) < 4.78 is 0. The minimum absolute atomic E-state index is 0.309. The lowest BCUT2D eigenvalue weighted by molar-refractivity contribution is -0.0612. The van der Waals surface area contributed by atoms with E-state index in [-0.39, 0.29) is 0 Å². The van der Waals surface area contributed by atoms with Crippen molar-refractivity contribution in [3.63, 3.8) is 0 Å². The van der Waals surface area contributed by atoms with Crippen LogP contribution in [-0.2, 0) is 0 Å². The molecule has 0 bridgehead atoms. The molecule has 0 aromatic heterocycles. The molecule has 3 nitrogen and oxygen atoms in total. The molecule has 1 aromatic rings. The molecular weight excluding hydrogens is 274 g/mol. The Hall–Kier alpha value is -1.06. The fourth-order valence-electron chi connectivity index (χ4n) is 3.71. The van der Waals surface area contributed by atoms with Gasteiger partial charge < -0.3 is 10.0 Å². The molecule has 1 aliphatic carbocycles. The minimum atomic E-state index is -0.491. The molecule has 0 spiro atoms. The third-order valence-electron chi connectivity index (χ3n) is 4.92. The molecule has 3 rings (SSSR count). The molecule has 2 aliphatic rings. The minimum Gasteiger partial charge on any atom is -0.389 e. The van der Waals surface area contributed by atoms with E-state index in [0.717, 1.165) is 50.7 Å². The van der Waals surface area contributed by atoms with Crippen LogP contribution < -0.4 is 4.90 Å². The molecule has 20 heavy (non-hydrogen) atoms. The van der Waals surface area contributed by atoms with Gasteiger partial charge in [-0.05, 0) is 31.4 Å². The second kappa shape index (κ2) is 5.38. The van der Waals surface area contributed by atoms with Gasteiger partial charge in [0.15, 0.2) is 6.29 Å². The Balaban J connectivity index is 1.86. The Morgan fingerprint density at radius 3 is 3.00 bits per heavy atom. The molecule has 2 fully saturated rings. The van der Waals surface area contributed by atoms with E-state index in [9.17, 15) is 9.90 Å².